The Labute approximate surface area is 560 Å². The topological polar surface area (TPSA) is 493 Å². The van der Waals surface area contributed by atoms with Crippen LogP contribution in [0.5, 0.6) is 0 Å². The van der Waals surface area contributed by atoms with Gasteiger partial charge < -0.3 is 47.5 Å². The molecule has 29 heteroatoms. The molecule has 28 nitrogen and oxygen atoms in total. The summed E-state index contributed by atoms with van der Waals surface area (Å²) in [6.45, 7) is 25.6. The molecule has 0 unspecified atom stereocenters. The molecular weight excluding hydrogens is 1260 g/mol. The number of amides is 7. The lowest BCUT2D eigenvalue weighted by molar-refractivity contribution is -0.156. The number of esters is 2. The molecule has 2 atom stereocenters. The summed E-state index contributed by atoms with van der Waals surface area (Å²) in [5.41, 5.74) is 17.3. The number of aryl methyl sites for hydroxylation is 2. The standard InChI is InChI=1S/C14H13N3O3.C9H7NO2.C8H7NO3.C8H5NO2.C7H7NO2.C5H8N2O2.C4H6O3.5C2H6.CH4.ClH.2H2O/c1-8-15-10-5-3-2-4-9(10)14(20)17(8)11-6-7-12(18)16-13(11)19;1-6-10-8-5-3-2-4-7(8)9(11)12-6;9-7(10)5-3-1-2-4-6(5)8(11)12;10-7-5-3-1-2-4-6(5)8(11)9-7;8-6-4-2-1-3-5(6)7(9)10;6-3-1-2-4(8)7-5(3)9;1-3(5)7-4(2)6;5*1-2;;;;/h2-5,11H,6-7H2,1H3,(H,16,18,19);2-5H,1H3;1-4H,(H2,9,10)(H,11,12);1-4H,(H,9,10,11);1-4H,8H2,(H,9,10);3H,1-2,6H2,(H,7,8,9);1-2H3;5*1-2H3;1H4;1H;2*1H2/t11-;;;;;3-;;;;;;;;;;/m0....0........../s1/i11D;;;;;3D;;;;;;;;;;. The summed E-state index contributed by atoms with van der Waals surface area (Å²) in [4.78, 5) is 150. The average molecular weight is 1350 g/mol. The minimum absolute atomic E-state index is 0. The van der Waals surface area contributed by atoms with Gasteiger partial charge in [0.25, 0.3) is 17.4 Å². The van der Waals surface area contributed by atoms with E-state index in [4.69, 9.17) is 34.6 Å². The maximum absolute atomic E-state index is 12.6. The molecular formula is C66H92ClN9O19. The number of carbonyl (C=O) groups excluding carboxylic acids is 9. The second-order valence-corrected chi connectivity index (χ2v) is 16.6. The zero-order chi connectivity index (χ0) is 71.9. The summed E-state index contributed by atoms with van der Waals surface area (Å²) in [6.07, 6.45) is 0.246. The van der Waals surface area contributed by atoms with Gasteiger partial charge in [0.15, 0.2) is 5.89 Å². The van der Waals surface area contributed by atoms with Gasteiger partial charge in [0, 0.05) is 39.3 Å². The van der Waals surface area contributed by atoms with Gasteiger partial charge in [0.2, 0.25) is 29.5 Å². The van der Waals surface area contributed by atoms with Crippen molar-refractivity contribution in [1.82, 2.24) is 30.5 Å². The fourth-order valence-electron chi connectivity index (χ4n) is 7.03. The van der Waals surface area contributed by atoms with Gasteiger partial charge in [-0.05, 0) is 80.4 Å². The van der Waals surface area contributed by atoms with Crippen LogP contribution in [0.2, 0.25) is 0 Å². The lowest BCUT2D eigenvalue weighted by Gasteiger charge is -2.24. The fraction of sp³-hybridized carbons (Fsp3) is 0.318. The summed E-state index contributed by atoms with van der Waals surface area (Å²) in [5.74, 6) is -6.19. The molecule has 522 valence electrons. The highest BCUT2D eigenvalue weighted by atomic mass is 35.5. The lowest BCUT2D eigenvalue weighted by Crippen LogP contribution is -2.48. The quantitative estimate of drug-likeness (QED) is 0.0364. The van der Waals surface area contributed by atoms with Crippen LogP contribution in [0.4, 0.5) is 5.69 Å². The number of para-hydroxylation sites is 3. The number of anilines is 1. The van der Waals surface area contributed by atoms with E-state index in [-0.39, 0.29) is 102 Å². The first-order chi connectivity index (χ1) is 44.0. The Morgan fingerprint density at radius 1 is 0.568 bits per heavy atom. The minimum Gasteiger partial charge on any atom is -0.478 e. The molecule has 0 spiro atoms. The molecule has 2 fully saturated rings. The van der Waals surface area contributed by atoms with Crippen LogP contribution in [-0.4, -0.2) is 107 Å². The van der Waals surface area contributed by atoms with Crippen molar-refractivity contribution in [2.75, 3.05) is 5.73 Å². The molecule has 7 amide bonds. The number of fused-ring (bicyclic) bond motifs is 3. The van der Waals surface area contributed by atoms with Crippen LogP contribution in [0.1, 0.15) is 188 Å². The van der Waals surface area contributed by atoms with Crippen molar-refractivity contribution in [3.63, 3.8) is 0 Å². The lowest BCUT2D eigenvalue weighted by atomic mass is 10.1. The third-order valence-corrected chi connectivity index (χ3v) is 10.7. The number of ether oxygens (including phenoxy) is 1. The summed E-state index contributed by atoms with van der Waals surface area (Å²) in [6, 6.07) is 29.4. The molecule has 0 radical (unpaired) electrons. The number of hydrogen-bond donors (Lipinski definition) is 8. The predicted molar refractivity (Wildman–Crippen MR) is 366 cm³/mol. The van der Waals surface area contributed by atoms with E-state index >= 15 is 0 Å². The molecule has 3 aliphatic rings. The number of halogens is 1. The first-order valence-corrected chi connectivity index (χ1v) is 28.6. The van der Waals surface area contributed by atoms with Crippen LogP contribution in [0.25, 0.3) is 21.8 Å². The number of benzene rings is 5. The summed E-state index contributed by atoms with van der Waals surface area (Å²) >= 11 is 0. The number of carboxylic acids is 2. The van der Waals surface area contributed by atoms with Crippen LogP contribution in [-0.2, 0) is 33.5 Å². The maximum Gasteiger partial charge on any atom is 0.346 e. The average Bonchev–Trinajstić information content (AvgIpc) is 1.34. The SMILES string of the molecule is C.CC.CC.CC.CC.CC.CC(=O)OC(C)=O.Cc1nc2ccccc2c(=O)o1.Cl.NC(=O)c1ccccc1C(=O)O.Nc1ccccc1C(=O)O.O.O.O=C1NC(=O)c2ccccc21.[2H][C@]1(N)CCC(=O)NC1=O.[2H][C@]1(n2c(C)nc3ccccc3c2=O)CCC(=O)NC1=O. The van der Waals surface area contributed by atoms with Crippen molar-refractivity contribution in [3.8, 4) is 0 Å². The van der Waals surface area contributed by atoms with Gasteiger partial charge in [0.1, 0.15) is 11.8 Å². The molecule has 0 saturated carbocycles. The number of imide groups is 3. The second kappa shape index (κ2) is 51.9. The van der Waals surface area contributed by atoms with Crippen molar-refractivity contribution in [1.29, 1.82) is 0 Å². The maximum atomic E-state index is 12.6. The monoisotopic (exact) mass is 1350 g/mol. The van der Waals surface area contributed by atoms with Gasteiger partial charge in [-0.2, -0.15) is 0 Å². The molecule has 15 N–H and O–H groups in total. The number of carbonyl (C=O) groups is 11. The third kappa shape index (κ3) is 32.4. The molecule has 5 heterocycles. The van der Waals surface area contributed by atoms with E-state index < -0.39 is 65.1 Å². The molecule has 0 bridgehead atoms. The molecule has 2 saturated heterocycles. The first kappa shape index (κ1) is 90.7. The van der Waals surface area contributed by atoms with Crippen LogP contribution in [0.15, 0.2) is 135 Å². The minimum atomic E-state index is -1.84. The number of nitrogens with zero attached hydrogens (tertiary/aromatic N) is 3. The predicted octanol–water partition coefficient (Wildman–Crippen LogP) is 7.59. The number of nitrogens with one attached hydrogen (secondary N) is 3. The van der Waals surface area contributed by atoms with Gasteiger partial charge in [-0.15, -0.1) is 12.4 Å². The van der Waals surface area contributed by atoms with E-state index in [9.17, 15) is 62.3 Å². The van der Waals surface area contributed by atoms with Gasteiger partial charge in [0.05, 0.1) is 58.4 Å². The molecule has 2 aromatic heterocycles. The highest BCUT2D eigenvalue weighted by Gasteiger charge is 2.30. The Morgan fingerprint density at radius 3 is 1.35 bits per heavy atom. The van der Waals surface area contributed by atoms with Crippen molar-refractivity contribution < 1.29 is 85.8 Å². The van der Waals surface area contributed by atoms with Gasteiger partial charge in [-0.1, -0.05) is 137 Å². The van der Waals surface area contributed by atoms with Crippen LogP contribution in [0.3, 0.4) is 0 Å². The van der Waals surface area contributed by atoms with E-state index in [2.05, 4.69) is 25.3 Å². The Hall–Kier alpha value is -10.7. The molecule has 3 aliphatic heterocycles. The van der Waals surface area contributed by atoms with E-state index in [1.807, 2.05) is 80.6 Å². The van der Waals surface area contributed by atoms with Crippen molar-refractivity contribution in [2.45, 2.75) is 142 Å². The number of nitrogen functional groups attached to an aromatic ring is 1. The Bertz CT molecular complexity index is 3770. The number of piperidine rings is 2. The number of primary amides is 1. The molecule has 95 heavy (non-hydrogen) atoms. The van der Waals surface area contributed by atoms with Crippen LogP contribution in [0, 0.1) is 13.8 Å². The largest absolute Gasteiger partial charge is 0.478 e. The van der Waals surface area contributed by atoms with Gasteiger partial charge >= 0.3 is 29.5 Å². The molecule has 7 aromatic rings. The number of aromatic carboxylic acids is 2. The number of carboxylic acid groups (broad SMARTS) is 2. The summed E-state index contributed by atoms with van der Waals surface area (Å²) < 4.78 is 25.4. The van der Waals surface area contributed by atoms with E-state index in [0.717, 1.165) is 4.57 Å². The smallest absolute Gasteiger partial charge is 0.346 e. The van der Waals surface area contributed by atoms with Crippen molar-refractivity contribution >= 4 is 105 Å². The summed E-state index contributed by atoms with van der Waals surface area (Å²) in [7, 11) is 0. The Kier molecular flexibility index (Phi) is 49.6. The van der Waals surface area contributed by atoms with Crippen molar-refractivity contribution in [3.05, 3.63) is 182 Å². The molecule has 5 aromatic carbocycles. The normalized spacial score (nSPS) is 14.6. The first-order valence-electron chi connectivity index (χ1n) is 29.6. The number of aromatic nitrogens is 3. The highest BCUT2D eigenvalue weighted by molar-refractivity contribution is 6.21. The number of nitrogens with two attached hydrogens (primary N) is 3. The Morgan fingerprint density at radius 2 is 0.958 bits per heavy atom. The van der Waals surface area contributed by atoms with Gasteiger partial charge in [-0.25, -0.2) is 24.4 Å². The summed E-state index contributed by atoms with van der Waals surface area (Å²) in [5, 5.41) is 24.3. The van der Waals surface area contributed by atoms with E-state index in [1.54, 1.807) is 105 Å². The van der Waals surface area contributed by atoms with Crippen LogP contribution >= 0.6 is 12.4 Å². The molecule has 0 aliphatic carbocycles. The third-order valence-electron chi connectivity index (χ3n) is 10.7. The number of hydrogen-bond acceptors (Lipinski definition) is 19. The molecule has 10 rings (SSSR count). The zero-order valence-corrected chi connectivity index (χ0v) is 55.7. The van der Waals surface area contributed by atoms with Crippen molar-refractivity contribution in [2.24, 2.45) is 11.5 Å². The zero-order valence-electron chi connectivity index (χ0n) is 56.9. The van der Waals surface area contributed by atoms with E-state index in [1.165, 1.54) is 38.1 Å². The number of rotatable bonds is 4. The fourth-order valence-corrected chi connectivity index (χ4v) is 7.03. The second-order valence-electron chi connectivity index (χ2n) is 16.6. The van der Waals surface area contributed by atoms with Gasteiger partial charge in [-0.3, -0.25) is 68.5 Å². The Balaban J connectivity index is -0.000000247. The van der Waals surface area contributed by atoms with E-state index in [0.29, 0.717) is 44.5 Å². The highest BCUT2D eigenvalue weighted by Crippen LogP contribution is 2.20. The van der Waals surface area contributed by atoms with Crippen LogP contribution < -0.4 is 44.3 Å².